The fourth-order valence-electron chi connectivity index (χ4n) is 1.95. The third kappa shape index (κ3) is 2.72. The summed E-state index contributed by atoms with van der Waals surface area (Å²) in [6.45, 7) is 0.785. The van der Waals surface area contributed by atoms with Crippen LogP contribution >= 0.6 is 11.6 Å². The molecule has 0 fully saturated rings. The highest BCUT2D eigenvalue weighted by molar-refractivity contribution is 6.19. The SMILES string of the molecule is CN(C(=O)CCCl)c1ccc2c(c1)CCCO2. The summed E-state index contributed by atoms with van der Waals surface area (Å²) in [6.07, 6.45) is 2.42. The molecule has 0 radical (unpaired) electrons. The molecule has 0 unspecified atom stereocenters. The van der Waals surface area contributed by atoms with Crippen LogP contribution in [0, 0.1) is 0 Å². The average molecular weight is 254 g/mol. The first-order valence-electron chi connectivity index (χ1n) is 5.80. The molecule has 1 amide bonds. The van der Waals surface area contributed by atoms with Crippen molar-refractivity contribution in [3.63, 3.8) is 0 Å². The van der Waals surface area contributed by atoms with Gasteiger partial charge in [0.25, 0.3) is 0 Å². The van der Waals surface area contributed by atoms with Crippen molar-refractivity contribution in [3.8, 4) is 5.75 Å². The number of aryl methyl sites for hydroxylation is 1. The zero-order chi connectivity index (χ0) is 12.3. The Bertz CT molecular complexity index is 420. The summed E-state index contributed by atoms with van der Waals surface area (Å²) in [5.74, 6) is 1.34. The minimum Gasteiger partial charge on any atom is -0.493 e. The van der Waals surface area contributed by atoms with Crippen molar-refractivity contribution in [2.45, 2.75) is 19.3 Å². The number of benzene rings is 1. The average Bonchev–Trinajstić information content (AvgIpc) is 2.37. The summed E-state index contributed by atoms with van der Waals surface area (Å²) in [5, 5.41) is 0. The topological polar surface area (TPSA) is 29.5 Å². The van der Waals surface area contributed by atoms with Crippen LogP contribution in [-0.4, -0.2) is 25.4 Å². The lowest BCUT2D eigenvalue weighted by atomic mass is 10.1. The molecular weight excluding hydrogens is 238 g/mol. The van der Waals surface area contributed by atoms with E-state index >= 15 is 0 Å². The maximum absolute atomic E-state index is 11.7. The molecule has 1 aliphatic heterocycles. The van der Waals surface area contributed by atoms with Crippen LogP contribution in [-0.2, 0) is 11.2 Å². The number of hydrogen-bond donors (Lipinski definition) is 0. The summed E-state index contributed by atoms with van der Waals surface area (Å²) in [7, 11) is 1.78. The van der Waals surface area contributed by atoms with Gasteiger partial charge in [0.2, 0.25) is 5.91 Å². The van der Waals surface area contributed by atoms with Crippen LogP contribution in [0.25, 0.3) is 0 Å². The number of hydrogen-bond acceptors (Lipinski definition) is 2. The van der Waals surface area contributed by atoms with Gasteiger partial charge in [0.15, 0.2) is 0 Å². The normalized spacial score (nSPS) is 13.8. The zero-order valence-electron chi connectivity index (χ0n) is 9.91. The molecule has 92 valence electrons. The molecule has 3 nitrogen and oxygen atoms in total. The molecule has 0 atom stereocenters. The summed E-state index contributed by atoms with van der Waals surface area (Å²) >= 11 is 5.58. The predicted octanol–water partition coefficient (Wildman–Crippen LogP) is 2.60. The van der Waals surface area contributed by atoms with Crippen LogP contribution in [0.15, 0.2) is 18.2 Å². The van der Waals surface area contributed by atoms with Crippen LogP contribution in [0.3, 0.4) is 0 Å². The van der Waals surface area contributed by atoms with Crippen molar-refractivity contribution in [1.82, 2.24) is 0 Å². The van der Waals surface area contributed by atoms with E-state index in [4.69, 9.17) is 16.3 Å². The summed E-state index contributed by atoms with van der Waals surface area (Å²) in [5.41, 5.74) is 2.09. The van der Waals surface area contributed by atoms with Crippen molar-refractivity contribution in [2.75, 3.05) is 24.4 Å². The van der Waals surface area contributed by atoms with Gasteiger partial charge < -0.3 is 9.64 Å². The van der Waals surface area contributed by atoms with Gasteiger partial charge in [-0.1, -0.05) is 0 Å². The lowest BCUT2D eigenvalue weighted by Crippen LogP contribution is -2.26. The van der Waals surface area contributed by atoms with E-state index in [0.29, 0.717) is 12.3 Å². The Hall–Kier alpha value is -1.22. The van der Waals surface area contributed by atoms with E-state index in [1.807, 2.05) is 18.2 Å². The minimum atomic E-state index is 0.0386. The standard InChI is InChI=1S/C13H16ClNO2/c1-15(13(16)6-7-14)11-4-5-12-10(9-11)3-2-8-17-12/h4-5,9H,2-3,6-8H2,1H3. The smallest absolute Gasteiger partial charge is 0.227 e. The fraction of sp³-hybridized carbons (Fsp3) is 0.462. The molecular formula is C13H16ClNO2. The minimum absolute atomic E-state index is 0.0386. The second kappa shape index (κ2) is 5.41. The first kappa shape index (κ1) is 12.2. The molecule has 1 aromatic carbocycles. The molecule has 0 spiro atoms. The van der Waals surface area contributed by atoms with E-state index < -0.39 is 0 Å². The fourth-order valence-corrected chi connectivity index (χ4v) is 2.11. The highest BCUT2D eigenvalue weighted by atomic mass is 35.5. The van der Waals surface area contributed by atoms with E-state index in [1.54, 1.807) is 11.9 Å². The molecule has 0 aliphatic carbocycles. The van der Waals surface area contributed by atoms with Gasteiger partial charge in [-0.3, -0.25) is 4.79 Å². The third-order valence-corrected chi connectivity index (χ3v) is 3.15. The number of alkyl halides is 1. The molecule has 1 aromatic rings. The first-order chi connectivity index (χ1) is 8.22. The van der Waals surface area contributed by atoms with Crippen molar-refractivity contribution in [3.05, 3.63) is 23.8 Å². The highest BCUT2D eigenvalue weighted by Gasteiger charge is 2.14. The monoisotopic (exact) mass is 253 g/mol. The number of halogens is 1. The van der Waals surface area contributed by atoms with E-state index in [9.17, 15) is 4.79 Å². The van der Waals surface area contributed by atoms with Gasteiger partial charge in [0, 0.05) is 25.0 Å². The maximum Gasteiger partial charge on any atom is 0.227 e. The Labute approximate surface area is 106 Å². The largest absolute Gasteiger partial charge is 0.493 e. The number of ether oxygens (including phenoxy) is 1. The zero-order valence-corrected chi connectivity index (χ0v) is 10.7. The van der Waals surface area contributed by atoms with Crippen molar-refractivity contribution < 1.29 is 9.53 Å². The summed E-state index contributed by atoms with van der Waals surface area (Å²) < 4.78 is 5.54. The molecule has 2 rings (SSSR count). The van der Waals surface area contributed by atoms with Gasteiger partial charge >= 0.3 is 0 Å². The Balaban J connectivity index is 2.18. The number of anilines is 1. The van der Waals surface area contributed by atoms with E-state index in [0.717, 1.165) is 30.9 Å². The maximum atomic E-state index is 11.7. The van der Waals surface area contributed by atoms with Gasteiger partial charge in [-0.25, -0.2) is 0 Å². The number of carbonyl (C=O) groups is 1. The molecule has 0 aromatic heterocycles. The quantitative estimate of drug-likeness (QED) is 0.775. The molecule has 17 heavy (non-hydrogen) atoms. The van der Waals surface area contributed by atoms with Gasteiger partial charge in [0.05, 0.1) is 6.61 Å². The summed E-state index contributed by atoms with van der Waals surface area (Å²) in [6, 6.07) is 5.88. The number of fused-ring (bicyclic) bond motifs is 1. The molecule has 0 saturated carbocycles. The molecule has 1 heterocycles. The molecule has 1 aliphatic rings. The van der Waals surface area contributed by atoms with E-state index in [1.165, 1.54) is 5.56 Å². The lowest BCUT2D eigenvalue weighted by Gasteiger charge is -2.21. The van der Waals surface area contributed by atoms with Crippen LogP contribution in [0.4, 0.5) is 5.69 Å². The summed E-state index contributed by atoms with van der Waals surface area (Å²) in [4.78, 5) is 13.4. The Kier molecular flexibility index (Phi) is 3.89. The van der Waals surface area contributed by atoms with Gasteiger partial charge in [-0.05, 0) is 36.6 Å². The van der Waals surface area contributed by atoms with Crippen LogP contribution < -0.4 is 9.64 Å². The van der Waals surface area contributed by atoms with Crippen LogP contribution in [0.5, 0.6) is 5.75 Å². The Morgan fingerprint density at radius 1 is 1.53 bits per heavy atom. The van der Waals surface area contributed by atoms with E-state index in [2.05, 4.69) is 0 Å². The van der Waals surface area contributed by atoms with Crippen molar-refractivity contribution in [2.24, 2.45) is 0 Å². The molecule has 4 heteroatoms. The number of nitrogens with zero attached hydrogens (tertiary/aromatic N) is 1. The van der Waals surface area contributed by atoms with Crippen molar-refractivity contribution >= 4 is 23.2 Å². The van der Waals surface area contributed by atoms with Crippen LogP contribution in [0.2, 0.25) is 0 Å². The molecule has 0 bridgehead atoms. The Morgan fingerprint density at radius 2 is 2.35 bits per heavy atom. The van der Waals surface area contributed by atoms with E-state index in [-0.39, 0.29) is 5.91 Å². The van der Waals surface area contributed by atoms with Crippen LogP contribution in [0.1, 0.15) is 18.4 Å². The second-order valence-corrected chi connectivity index (χ2v) is 4.51. The van der Waals surface area contributed by atoms with Gasteiger partial charge in [-0.15, -0.1) is 11.6 Å². The van der Waals surface area contributed by atoms with Gasteiger partial charge in [-0.2, -0.15) is 0 Å². The third-order valence-electron chi connectivity index (χ3n) is 2.96. The number of rotatable bonds is 3. The molecule has 0 N–H and O–H groups in total. The highest BCUT2D eigenvalue weighted by Crippen LogP contribution is 2.28. The molecule has 0 saturated heterocycles. The Morgan fingerprint density at radius 3 is 3.12 bits per heavy atom. The lowest BCUT2D eigenvalue weighted by molar-refractivity contribution is -0.117. The van der Waals surface area contributed by atoms with Crippen molar-refractivity contribution in [1.29, 1.82) is 0 Å². The second-order valence-electron chi connectivity index (χ2n) is 4.14. The number of carbonyl (C=O) groups excluding carboxylic acids is 1. The predicted molar refractivity (Wildman–Crippen MR) is 69.0 cm³/mol. The van der Waals surface area contributed by atoms with Gasteiger partial charge in [0.1, 0.15) is 5.75 Å². The first-order valence-corrected chi connectivity index (χ1v) is 6.34. The number of amides is 1.